The fourth-order valence-corrected chi connectivity index (χ4v) is 0.465. The third-order valence-electron chi connectivity index (χ3n) is 1.23. The molecule has 0 aromatic heterocycles. The summed E-state index contributed by atoms with van der Waals surface area (Å²) in [6.07, 6.45) is -7.33. The van der Waals surface area contributed by atoms with Crippen LogP contribution in [-0.4, -0.2) is 30.3 Å². The van der Waals surface area contributed by atoms with Gasteiger partial charge < -0.3 is 0 Å². The van der Waals surface area contributed by atoms with Gasteiger partial charge in [-0.2, -0.15) is 30.7 Å². The smallest absolute Gasteiger partial charge is 0.294 e. The van der Waals surface area contributed by atoms with Crippen LogP contribution < -0.4 is 5.32 Å². The molecule has 0 saturated heterocycles. The number of carbonyl (C=O) groups excluding carboxylic acids is 2. The molecule has 0 radical (unpaired) electrons. The molecule has 2 amide bonds. The van der Waals surface area contributed by atoms with Crippen molar-refractivity contribution in [2.45, 2.75) is 18.0 Å². The van der Waals surface area contributed by atoms with E-state index in [-0.39, 0.29) is 0 Å². The predicted molar refractivity (Wildman–Crippen MR) is 30.2 cm³/mol. The SMILES string of the molecule is O=CNC(=O)C(F)(F)C(F)(F)C(F)(F)F. The lowest BCUT2D eigenvalue weighted by Gasteiger charge is -2.26. The highest BCUT2D eigenvalue weighted by molar-refractivity contribution is 5.92. The van der Waals surface area contributed by atoms with E-state index in [1.54, 1.807) is 0 Å². The highest BCUT2D eigenvalue weighted by Crippen LogP contribution is 2.46. The molecule has 0 aliphatic rings. The maximum Gasteiger partial charge on any atom is 0.460 e. The summed E-state index contributed by atoms with van der Waals surface area (Å²) >= 11 is 0. The first kappa shape index (κ1) is 13.7. The summed E-state index contributed by atoms with van der Waals surface area (Å²) in [6, 6.07) is 0. The second kappa shape index (κ2) is 3.66. The molecule has 0 unspecified atom stereocenters. The van der Waals surface area contributed by atoms with E-state index >= 15 is 0 Å². The maximum absolute atomic E-state index is 12.2. The first-order chi connectivity index (χ1) is 6.48. The average Bonchev–Trinajstić information content (AvgIpc) is 2.02. The second-order valence-electron chi connectivity index (χ2n) is 2.24. The monoisotopic (exact) mass is 241 g/mol. The predicted octanol–water partition coefficient (Wildman–Crippen LogP) is 1.09. The van der Waals surface area contributed by atoms with Crippen molar-refractivity contribution in [3.8, 4) is 0 Å². The maximum atomic E-state index is 12.2. The van der Waals surface area contributed by atoms with Crippen LogP contribution in [0.4, 0.5) is 30.7 Å². The average molecular weight is 241 g/mol. The number of alkyl halides is 7. The molecule has 0 aromatic carbocycles. The molecule has 10 heteroatoms. The van der Waals surface area contributed by atoms with E-state index < -0.39 is 30.3 Å². The molecule has 0 spiro atoms. The number of hydrogen-bond donors (Lipinski definition) is 1. The summed E-state index contributed by atoms with van der Waals surface area (Å²) in [7, 11) is 0. The van der Waals surface area contributed by atoms with Crippen molar-refractivity contribution < 1.29 is 40.3 Å². The van der Waals surface area contributed by atoms with Crippen molar-refractivity contribution in [2.75, 3.05) is 0 Å². The molecule has 3 nitrogen and oxygen atoms in total. The van der Waals surface area contributed by atoms with Gasteiger partial charge in [0, 0.05) is 0 Å². The zero-order chi connectivity index (χ0) is 12.5. The Labute approximate surface area is 77.2 Å². The first-order valence-corrected chi connectivity index (χ1v) is 3.05. The Hall–Kier alpha value is -1.35. The molecule has 1 N–H and O–H groups in total. The van der Waals surface area contributed by atoms with Gasteiger partial charge in [-0.3, -0.25) is 14.9 Å². The van der Waals surface area contributed by atoms with Gasteiger partial charge in [0.05, 0.1) is 0 Å². The normalized spacial score (nSPS) is 13.5. The second-order valence-corrected chi connectivity index (χ2v) is 2.24. The standard InChI is InChI=1S/C5H2F7NO2/c6-3(7,2(15)13-1-14)4(8,9)5(10,11)12/h1H,(H,13,14,15). The quantitative estimate of drug-likeness (QED) is 0.593. The number of rotatable bonds is 3. The molecule has 0 rings (SSSR count). The van der Waals surface area contributed by atoms with E-state index in [9.17, 15) is 40.3 Å². The summed E-state index contributed by atoms with van der Waals surface area (Å²) in [5.74, 6) is -15.6. The number of halogens is 7. The van der Waals surface area contributed by atoms with Crippen LogP contribution in [0.15, 0.2) is 0 Å². The zero-order valence-corrected chi connectivity index (χ0v) is 6.54. The first-order valence-electron chi connectivity index (χ1n) is 3.05. The van der Waals surface area contributed by atoms with E-state index in [4.69, 9.17) is 0 Å². The molecule has 0 saturated carbocycles. The summed E-state index contributed by atoms with van der Waals surface area (Å²) < 4.78 is 82.8. The van der Waals surface area contributed by atoms with Crippen molar-refractivity contribution in [2.24, 2.45) is 0 Å². The van der Waals surface area contributed by atoms with Crippen LogP contribution in [0.5, 0.6) is 0 Å². The Morgan fingerprint density at radius 1 is 1.00 bits per heavy atom. The summed E-state index contributed by atoms with van der Waals surface area (Å²) in [5, 5.41) is 0.515. The highest BCUT2D eigenvalue weighted by atomic mass is 19.4. The number of carbonyl (C=O) groups is 2. The summed E-state index contributed by atoms with van der Waals surface area (Å²) in [4.78, 5) is 19.5. The summed E-state index contributed by atoms with van der Waals surface area (Å²) in [6.45, 7) is 0. The van der Waals surface area contributed by atoms with Gasteiger partial charge in [-0.05, 0) is 0 Å². The molecule has 0 atom stereocenters. The fraction of sp³-hybridized carbons (Fsp3) is 0.600. The fourth-order valence-electron chi connectivity index (χ4n) is 0.465. The van der Waals surface area contributed by atoms with Crippen LogP contribution in [0.1, 0.15) is 0 Å². The molecule has 88 valence electrons. The Balaban J connectivity index is 5.18. The highest BCUT2D eigenvalue weighted by Gasteiger charge is 2.76. The van der Waals surface area contributed by atoms with Gasteiger partial charge in [-0.25, -0.2) is 0 Å². The molecular formula is C5H2F7NO2. The molecule has 0 fully saturated rings. The number of nitrogens with one attached hydrogen (secondary N) is 1. The van der Waals surface area contributed by atoms with E-state index in [2.05, 4.69) is 0 Å². The number of hydrogen-bond acceptors (Lipinski definition) is 2. The lowest BCUT2D eigenvalue weighted by Crippen LogP contribution is -2.59. The van der Waals surface area contributed by atoms with Crippen molar-refractivity contribution in [3.63, 3.8) is 0 Å². The van der Waals surface area contributed by atoms with Crippen LogP contribution >= 0.6 is 0 Å². The Kier molecular flexibility index (Phi) is 3.33. The molecule has 15 heavy (non-hydrogen) atoms. The number of amides is 2. The summed E-state index contributed by atoms with van der Waals surface area (Å²) in [5.41, 5.74) is 0. The number of imide groups is 1. The van der Waals surface area contributed by atoms with Crippen molar-refractivity contribution in [1.82, 2.24) is 5.32 Å². The van der Waals surface area contributed by atoms with Gasteiger partial charge in [0.2, 0.25) is 6.41 Å². The molecule has 0 aromatic rings. The van der Waals surface area contributed by atoms with Crippen LogP contribution in [0.25, 0.3) is 0 Å². The minimum Gasteiger partial charge on any atom is -0.294 e. The van der Waals surface area contributed by atoms with Crippen molar-refractivity contribution >= 4 is 12.3 Å². The van der Waals surface area contributed by atoms with E-state index in [0.29, 0.717) is 5.32 Å². The topological polar surface area (TPSA) is 46.2 Å². The minimum absolute atomic E-state index is 0.515. The molecule has 0 aliphatic heterocycles. The van der Waals surface area contributed by atoms with Crippen LogP contribution in [-0.2, 0) is 9.59 Å². The van der Waals surface area contributed by atoms with E-state index in [0.717, 1.165) is 0 Å². The minimum atomic E-state index is -6.60. The van der Waals surface area contributed by atoms with E-state index in [1.807, 2.05) is 0 Å². The van der Waals surface area contributed by atoms with Gasteiger partial charge in [-0.1, -0.05) is 0 Å². The molecule has 0 aliphatic carbocycles. The molecule has 0 bridgehead atoms. The van der Waals surface area contributed by atoms with Crippen LogP contribution in [0.2, 0.25) is 0 Å². The Bertz CT molecular complexity index is 271. The van der Waals surface area contributed by atoms with Gasteiger partial charge >= 0.3 is 23.9 Å². The largest absolute Gasteiger partial charge is 0.460 e. The van der Waals surface area contributed by atoms with Crippen LogP contribution in [0.3, 0.4) is 0 Å². The Morgan fingerprint density at radius 2 is 1.40 bits per heavy atom. The molecular weight excluding hydrogens is 239 g/mol. The lowest BCUT2D eigenvalue weighted by molar-refractivity contribution is -0.343. The van der Waals surface area contributed by atoms with Gasteiger partial charge in [0.15, 0.2) is 0 Å². The molecule has 0 heterocycles. The van der Waals surface area contributed by atoms with E-state index in [1.165, 1.54) is 0 Å². The lowest BCUT2D eigenvalue weighted by atomic mass is 10.1. The third kappa shape index (κ3) is 2.18. The van der Waals surface area contributed by atoms with Crippen LogP contribution in [0, 0.1) is 0 Å². The zero-order valence-electron chi connectivity index (χ0n) is 6.54. The van der Waals surface area contributed by atoms with Gasteiger partial charge in [0.1, 0.15) is 0 Å². The van der Waals surface area contributed by atoms with Gasteiger partial charge in [0.25, 0.3) is 0 Å². The third-order valence-corrected chi connectivity index (χ3v) is 1.23. The van der Waals surface area contributed by atoms with Crippen molar-refractivity contribution in [1.29, 1.82) is 0 Å². The Morgan fingerprint density at radius 3 is 1.67 bits per heavy atom. The van der Waals surface area contributed by atoms with Gasteiger partial charge in [-0.15, -0.1) is 0 Å². The van der Waals surface area contributed by atoms with Crippen molar-refractivity contribution in [3.05, 3.63) is 0 Å².